The van der Waals surface area contributed by atoms with Gasteiger partial charge in [0.25, 0.3) is 5.91 Å². The summed E-state index contributed by atoms with van der Waals surface area (Å²) in [4.78, 5) is 34.7. The molecular weight excluding hydrogens is 256 g/mol. The van der Waals surface area contributed by atoms with Crippen LogP contribution in [-0.2, 0) is 9.59 Å². The van der Waals surface area contributed by atoms with Gasteiger partial charge in [-0.2, -0.15) is 0 Å². The second-order valence-electron chi connectivity index (χ2n) is 3.50. The van der Waals surface area contributed by atoms with E-state index in [2.05, 4.69) is 0 Å². The first-order valence-electron chi connectivity index (χ1n) is 4.94. The van der Waals surface area contributed by atoms with E-state index in [9.17, 15) is 14.4 Å². The Morgan fingerprint density at radius 2 is 2.17 bits per heavy atom. The third-order valence-electron chi connectivity index (χ3n) is 2.04. The van der Waals surface area contributed by atoms with Crippen molar-refractivity contribution in [2.24, 2.45) is 5.73 Å². The summed E-state index contributed by atoms with van der Waals surface area (Å²) in [6.07, 6.45) is 2.29. The summed E-state index contributed by atoms with van der Waals surface area (Å²) in [7, 11) is 1.46. The summed E-state index contributed by atoms with van der Waals surface area (Å²) in [6.45, 7) is -0.182. The van der Waals surface area contributed by atoms with Gasteiger partial charge in [0.05, 0.1) is 11.4 Å². The van der Waals surface area contributed by atoms with Gasteiger partial charge in [0.2, 0.25) is 5.91 Å². The molecule has 1 aromatic heterocycles. The summed E-state index contributed by atoms with van der Waals surface area (Å²) < 4.78 is 0. The number of aliphatic carboxylic acids is 1. The summed E-state index contributed by atoms with van der Waals surface area (Å²) in [5.41, 5.74) is 5.50. The number of hydrogen-bond acceptors (Lipinski definition) is 4. The van der Waals surface area contributed by atoms with Crippen molar-refractivity contribution in [2.75, 3.05) is 13.6 Å². The van der Waals surface area contributed by atoms with E-state index in [1.165, 1.54) is 29.4 Å². The number of carboxylic acids is 1. The summed E-state index contributed by atoms with van der Waals surface area (Å²) in [5.74, 6) is -2.07. The van der Waals surface area contributed by atoms with Gasteiger partial charge in [-0.25, -0.2) is 4.79 Å². The van der Waals surface area contributed by atoms with Crippen molar-refractivity contribution in [3.05, 3.63) is 28.0 Å². The van der Waals surface area contributed by atoms with Gasteiger partial charge in [-0.1, -0.05) is 0 Å². The molecule has 0 spiro atoms. The maximum absolute atomic E-state index is 12.0. The van der Waals surface area contributed by atoms with Crippen LogP contribution >= 0.6 is 11.3 Å². The fourth-order valence-electron chi connectivity index (χ4n) is 1.26. The highest BCUT2D eigenvalue weighted by molar-refractivity contribution is 7.12. The van der Waals surface area contributed by atoms with E-state index in [1.54, 1.807) is 11.4 Å². The van der Waals surface area contributed by atoms with Crippen LogP contribution in [-0.4, -0.2) is 41.4 Å². The average molecular weight is 268 g/mol. The van der Waals surface area contributed by atoms with Crippen LogP contribution in [0.4, 0.5) is 0 Å². The number of thiophene rings is 1. The first-order valence-corrected chi connectivity index (χ1v) is 5.82. The molecule has 6 nitrogen and oxygen atoms in total. The van der Waals surface area contributed by atoms with E-state index >= 15 is 0 Å². The number of likely N-dealkylation sites (N-methyl/N-ethyl adjacent to an activating group) is 1. The predicted octanol–water partition coefficient (Wildman–Crippen LogP) is 0.403. The van der Waals surface area contributed by atoms with Gasteiger partial charge in [0, 0.05) is 13.1 Å². The molecule has 18 heavy (non-hydrogen) atoms. The highest BCUT2D eigenvalue weighted by Gasteiger charge is 2.17. The van der Waals surface area contributed by atoms with E-state index in [4.69, 9.17) is 10.8 Å². The molecule has 1 aromatic rings. The molecule has 1 heterocycles. The minimum atomic E-state index is -1.09. The molecular formula is C11H12N2O4S. The number of nitrogens with zero attached hydrogens (tertiary/aromatic N) is 1. The van der Waals surface area contributed by atoms with Gasteiger partial charge < -0.3 is 15.7 Å². The molecule has 0 aliphatic rings. The smallest absolute Gasteiger partial charge is 0.328 e. The van der Waals surface area contributed by atoms with Gasteiger partial charge in [-0.3, -0.25) is 9.59 Å². The van der Waals surface area contributed by atoms with E-state index in [0.29, 0.717) is 10.4 Å². The molecule has 0 radical (unpaired) electrons. The topological polar surface area (TPSA) is 101 Å². The standard InChI is InChI=1S/C11H12N2O4S/c1-13(6-8(12)14)11(17)10-7(4-5-18-10)2-3-9(15)16/h2-5H,6H2,1H3,(H2,12,14)(H,15,16). The zero-order valence-electron chi connectivity index (χ0n) is 9.62. The van der Waals surface area contributed by atoms with Crippen molar-refractivity contribution < 1.29 is 19.5 Å². The fraction of sp³-hybridized carbons (Fsp3) is 0.182. The number of hydrogen-bond donors (Lipinski definition) is 2. The zero-order valence-corrected chi connectivity index (χ0v) is 10.4. The van der Waals surface area contributed by atoms with Crippen molar-refractivity contribution in [3.63, 3.8) is 0 Å². The van der Waals surface area contributed by atoms with E-state index in [-0.39, 0.29) is 12.5 Å². The Bertz CT molecular complexity index is 507. The van der Waals surface area contributed by atoms with Gasteiger partial charge in [-0.15, -0.1) is 11.3 Å². The van der Waals surface area contributed by atoms with Crippen LogP contribution in [0.5, 0.6) is 0 Å². The third-order valence-corrected chi connectivity index (χ3v) is 2.95. The normalized spacial score (nSPS) is 10.5. The molecule has 2 amide bonds. The monoisotopic (exact) mass is 268 g/mol. The predicted molar refractivity (Wildman–Crippen MR) is 67.1 cm³/mol. The number of primary amides is 1. The highest BCUT2D eigenvalue weighted by Crippen LogP contribution is 2.20. The average Bonchev–Trinajstić information content (AvgIpc) is 2.72. The van der Waals surface area contributed by atoms with Gasteiger partial charge in [0.1, 0.15) is 0 Å². The maximum atomic E-state index is 12.0. The van der Waals surface area contributed by atoms with Crippen molar-refractivity contribution >= 4 is 35.2 Å². The molecule has 7 heteroatoms. The third kappa shape index (κ3) is 3.70. The van der Waals surface area contributed by atoms with Crippen LogP contribution < -0.4 is 5.73 Å². The Labute approximate surface area is 107 Å². The molecule has 0 fully saturated rings. The van der Waals surface area contributed by atoms with E-state index in [1.807, 2.05) is 0 Å². The van der Waals surface area contributed by atoms with Crippen molar-refractivity contribution in [3.8, 4) is 0 Å². The molecule has 0 aliphatic carbocycles. The highest BCUT2D eigenvalue weighted by atomic mass is 32.1. The first kappa shape index (κ1) is 13.9. The van der Waals surface area contributed by atoms with Crippen LogP contribution in [0, 0.1) is 0 Å². The molecule has 0 atom stereocenters. The maximum Gasteiger partial charge on any atom is 0.328 e. The van der Waals surface area contributed by atoms with Crippen LogP contribution in [0.1, 0.15) is 15.2 Å². The summed E-state index contributed by atoms with van der Waals surface area (Å²) in [6, 6.07) is 1.63. The zero-order chi connectivity index (χ0) is 13.7. The van der Waals surface area contributed by atoms with Crippen molar-refractivity contribution in [1.29, 1.82) is 0 Å². The Kier molecular flexibility index (Phi) is 4.61. The van der Waals surface area contributed by atoms with Crippen molar-refractivity contribution in [1.82, 2.24) is 4.90 Å². The molecule has 0 saturated carbocycles. The van der Waals surface area contributed by atoms with Gasteiger partial charge in [0.15, 0.2) is 0 Å². The molecule has 0 bridgehead atoms. The Morgan fingerprint density at radius 3 is 2.72 bits per heavy atom. The lowest BCUT2D eigenvalue weighted by Gasteiger charge is -2.14. The number of carboxylic acid groups (broad SMARTS) is 1. The molecule has 0 aliphatic heterocycles. The van der Waals surface area contributed by atoms with Crippen LogP contribution in [0.3, 0.4) is 0 Å². The SMILES string of the molecule is CN(CC(N)=O)C(=O)c1sccc1C=CC(=O)O. The van der Waals surface area contributed by atoms with Crippen LogP contribution in [0.2, 0.25) is 0 Å². The quantitative estimate of drug-likeness (QED) is 0.755. The number of carbonyl (C=O) groups is 3. The fourth-order valence-corrected chi connectivity index (χ4v) is 2.14. The van der Waals surface area contributed by atoms with E-state index < -0.39 is 11.9 Å². The molecule has 1 rings (SSSR count). The Balaban J connectivity index is 2.90. The summed E-state index contributed by atoms with van der Waals surface area (Å²) in [5, 5.41) is 10.2. The molecule has 0 saturated heterocycles. The summed E-state index contributed by atoms with van der Waals surface area (Å²) >= 11 is 1.18. The van der Waals surface area contributed by atoms with E-state index in [0.717, 1.165) is 6.08 Å². The van der Waals surface area contributed by atoms with Gasteiger partial charge in [-0.05, 0) is 23.1 Å². The van der Waals surface area contributed by atoms with Crippen LogP contribution in [0.25, 0.3) is 6.08 Å². The van der Waals surface area contributed by atoms with Gasteiger partial charge >= 0.3 is 5.97 Å². The lowest BCUT2D eigenvalue weighted by molar-refractivity contribution is -0.131. The van der Waals surface area contributed by atoms with Crippen LogP contribution in [0.15, 0.2) is 17.5 Å². The molecule has 96 valence electrons. The first-order chi connectivity index (χ1) is 8.41. The minimum Gasteiger partial charge on any atom is -0.478 e. The Morgan fingerprint density at radius 1 is 1.50 bits per heavy atom. The molecule has 3 N–H and O–H groups in total. The number of nitrogens with two attached hydrogens (primary N) is 1. The number of carbonyl (C=O) groups excluding carboxylic acids is 2. The van der Waals surface area contributed by atoms with Crippen molar-refractivity contribution in [2.45, 2.75) is 0 Å². The largest absolute Gasteiger partial charge is 0.478 e. The second kappa shape index (κ2) is 5.97. The number of rotatable bonds is 5. The molecule has 0 unspecified atom stereocenters. The Hall–Kier alpha value is -2.15. The second-order valence-corrected chi connectivity index (χ2v) is 4.42. The minimum absolute atomic E-state index is 0.182. The lowest BCUT2D eigenvalue weighted by Crippen LogP contribution is -2.35. The number of amides is 2. The lowest BCUT2D eigenvalue weighted by atomic mass is 10.2. The molecule has 0 aromatic carbocycles.